The summed E-state index contributed by atoms with van der Waals surface area (Å²) in [6.07, 6.45) is -1.46. The van der Waals surface area contributed by atoms with E-state index in [4.69, 9.17) is 5.11 Å². The Kier molecular flexibility index (Phi) is 2.55. The predicted molar refractivity (Wildman–Crippen MR) is 23.0 cm³/mol. The lowest BCUT2D eigenvalue weighted by molar-refractivity contribution is -0.238. The molecule has 1 atom stereocenters. The zero-order valence-electron chi connectivity index (χ0n) is 4.02. The van der Waals surface area contributed by atoms with Crippen LogP contribution in [-0.2, 0) is 4.94 Å². The number of hydrogen-bond donors (Lipinski definition) is 1. The Morgan fingerprint density at radius 2 is 2.43 bits per heavy atom. The lowest BCUT2D eigenvalue weighted by Gasteiger charge is -1.99. The minimum Gasteiger partial charge on any atom is -0.362 e. The molecule has 0 amide bonds. The van der Waals surface area contributed by atoms with Crippen LogP contribution in [0.15, 0.2) is 12.2 Å². The summed E-state index contributed by atoms with van der Waals surface area (Å²) in [6, 6.07) is 0. The van der Waals surface area contributed by atoms with Crippen LogP contribution in [0.4, 0.5) is 4.53 Å². The Morgan fingerprint density at radius 1 is 2.00 bits per heavy atom. The lowest BCUT2D eigenvalue weighted by atomic mass is 10.3. The van der Waals surface area contributed by atoms with E-state index in [9.17, 15) is 4.53 Å². The number of rotatable bonds is 2. The Hall–Kier alpha value is -0.410. The van der Waals surface area contributed by atoms with Gasteiger partial charge in [0.25, 0.3) is 0 Å². The van der Waals surface area contributed by atoms with Crippen molar-refractivity contribution in [3.8, 4) is 0 Å². The summed E-state index contributed by atoms with van der Waals surface area (Å²) < 4.78 is 10.8. The van der Waals surface area contributed by atoms with Gasteiger partial charge >= 0.3 is 0 Å². The normalized spacial score (nSPS) is 13.6. The van der Waals surface area contributed by atoms with Crippen molar-refractivity contribution < 1.29 is 14.6 Å². The van der Waals surface area contributed by atoms with E-state index >= 15 is 0 Å². The van der Waals surface area contributed by atoms with Gasteiger partial charge in [-0.15, -0.1) is 0 Å². The smallest absolute Gasteiger partial charge is 0.215 e. The first kappa shape index (κ1) is 6.59. The van der Waals surface area contributed by atoms with Crippen LogP contribution in [0.1, 0.15) is 6.92 Å². The van der Waals surface area contributed by atoms with E-state index in [1.807, 2.05) is 0 Å². The van der Waals surface area contributed by atoms with Gasteiger partial charge in [0, 0.05) is 0 Å². The first-order chi connectivity index (χ1) is 3.18. The molecule has 0 saturated heterocycles. The summed E-state index contributed by atoms with van der Waals surface area (Å²) in [4.78, 5) is 2.97. The molecular weight excluding hydrogens is 99.0 g/mol. The van der Waals surface area contributed by atoms with E-state index < -0.39 is 6.29 Å². The average Bonchev–Trinajstić information content (AvgIpc) is 1.65. The summed E-state index contributed by atoms with van der Waals surface area (Å²) in [6.45, 7) is 4.67. The third-order valence-electron chi connectivity index (χ3n) is 0.506. The van der Waals surface area contributed by atoms with Crippen LogP contribution in [0.25, 0.3) is 0 Å². The fourth-order valence-electron chi connectivity index (χ4n) is 0.0760. The minimum atomic E-state index is -1.46. The Morgan fingerprint density at radius 3 is 2.43 bits per heavy atom. The molecule has 0 aromatic carbocycles. The number of aliphatic hydroxyl groups excluding tert-OH is 1. The van der Waals surface area contributed by atoms with Crippen LogP contribution in [0, 0.1) is 0 Å². The molecule has 0 aliphatic carbocycles. The zero-order chi connectivity index (χ0) is 5.86. The molecule has 2 nitrogen and oxygen atoms in total. The van der Waals surface area contributed by atoms with Gasteiger partial charge in [-0.05, 0) is 17.0 Å². The zero-order valence-corrected chi connectivity index (χ0v) is 4.02. The largest absolute Gasteiger partial charge is 0.362 e. The van der Waals surface area contributed by atoms with Crippen LogP contribution in [0.5, 0.6) is 0 Å². The fraction of sp³-hybridized carbons (Fsp3) is 0.500. The molecule has 0 bridgehead atoms. The monoisotopic (exact) mass is 106 g/mol. The molecule has 0 radical (unpaired) electrons. The van der Waals surface area contributed by atoms with Gasteiger partial charge in [-0.1, -0.05) is 6.58 Å². The molecule has 0 aromatic heterocycles. The molecule has 0 saturated carbocycles. The van der Waals surface area contributed by atoms with Gasteiger partial charge in [0.15, 0.2) is 0 Å². The molecule has 1 unspecified atom stereocenters. The van der Waals surface area contributed by atoms with Crippen LogP contribution in [0.2, 0.25) is 0 Å². The Balaban J connectivity index is 3.34. The summed E-state index contributed by atoms with van der Waals surface area (Å²) in [5, 5.41) is 8.24. The Labute approximate surface area is 41.1 Å². The number of halogens is 1. The SMILES string of the molecule is C=C(C)C(O)OF. The molecular formula is C4H7FO2. The number of hydrogen-bond acceptors (Lipinski definition) is 2. The maximum Gasteiger partial charge on any atom is 0.215 e. The average molecular weight is 106 g/mol. The van der Waals surface area contributed by atoms with E-state index in [-0.39, 0.29) is 5.57 Å². The molecule has 42 valence electrons. The van der Waals surface area contributed by atoms with E-state index in [0.717, 1.165) is 0 Å². The second-order valence-corrected chi connectivity index (χ2v) is 1.29. The highest BCUT2D eigenvalue weighted by Gasteiger charge is 2.01. The molecule has 0 heterocycles. The Bertz CT molecular complexity index is 72.1. The van der Waals surface area contributed by atoms with Crippen molar-refractivity contribution >= 4 is 0 Å². The van der Waals surface area contributed by atoms with E-state index in [0.29, 0.717) is 0 Å². The predicted octanol–water partition coefficient (Wildman–Crippen LogP) is 0.782. The van der Waals surface area contributed by atoms with E-state index in [1.165, 1.54) is 6.92 Å². The molecule has 0 spiro atoms. The van der Waals surface area contributed by atoms with E-state index in [2.05, 4.69) is 11.5 Å². The first-order valence-electron chi connectivity index (χ1n) is 1.79. The van der Waals surface area contributed by atoms with Gasteiger partial charge < -0.3 is 5.11 Å². The second-order valence-electron chi connectivity index (χ2n) is 1.29. The third-order valence-corrected chi connectivity index (χ3v) is 0.506. The van der Waals surface area contributed by atoms with Crippen LogP contribution >= 0.6 is 0 Å². The van der Waals surface area contributed by atoms with Gasteiger partial charge in [0.1, 0.15) is 0 Å². The molecule has 3 heteroatoms. The van der Waals surface area contributed by atoms with Gasteiger partial charge in [-0.2, -0.15) is 4.94 Å². The summed E-state index contributed by atoms with van der Waals surface area (Å²) >= 11 is 0. The second kappa shape index (κ2) is 2.71. The minimum absolute atomic E-state index is 0.252. The maximum atomic E-state index is 10.8. The molecule has 0 aromatic rings. The van der Waals surface area contributed by atoms with Crippen molar-refractivity contribution in [2.45, 2.75) is 13.2 Å². The summed E-state index contributed by atoms with van der Waals surface area (Å²) in [7, 11) is 0. The molecule has 0 aliphatic heterocycles. The topological polar surface area (TPSA) is 29.5 Å². The van der Waals surface area contributed by atoms with Crippen molar-refractivity contribution in [1.29, 1.82) is 0 Å². The lowest BCUT2D eigenvalue weighted by Crippen LogP contribution is -2.05. The van der Waals surface area contributed by atoms with Crippen molar-refractivity contribution in [2.24, 2.45) is 0 Å². The van der Waals surface area contributed by atoms with E-state index in [1.54, 1.807) is 0 Å². The van der Waals surface area contributed by atoms with Crippen molar-refractivity contribution in [3.63, 3.8) is 0 Å². The summed E-state index contributed by atoms with van der Waals surface area (Å²) in [5.41, 5.74) is 0.252. The van der Waals surface area contributed by atoms with Gasteiger partial charge in [-0.3, -0.25) is 0 Å². The highest BCUT2D eigenvalue weighted by molar-refractivity contribution is 4.90. The molecule has 1 N–H and O–H groups in total. The molecule has 7 heavy (non-hydrogen) atoms. The van der Waals surface area contributed by atoms with Crippen LogP contribution in [-0.4, -0.2) is 11.4 Å². The highest BCUT2D eigenvalue weighted by atomic mass is 19.3. The van der Waals surface area contributed by atoms with Crippen molar-refractivity contribution in [3.05, 3.63) is 12.2 Å². The van der Waals surface area contributed by atoms with Crippen molar-refractivity contribution in [2.75, 3.05) is 0 Å². The van der Waals surface area contributed by atoms with Crippen molar-refractivity contribution in [1.82, 2.24) is 0 Å². The van der Waals surface area contributed by atoms with Crippen LogP contribution in [0.3, 0.4) is 0 Å². The fourth-order valence-corrected chi connectivity index (χ4v) is 0.0760. The highest BCUT2D eigenvalue weighted by Crippen LogP contribution is 1.97. The standard InChI is InChI=1S/C4H7FO2/c1-3(2)4(6)7-5/h4,6H,1H2,2H3. The number of aliphatic hydroxyl groups is 1. The van der Waals surface area contributed by atoms with Gasteiger partial charge in [-0.25, -0.2) is 0 Å². The summed E-state index contributed by atoms with van der Waals surface area (Å²) in [5.74, 6) is 0. The third kappa shape index (κ3) is 2.31. The van der Waals surface area contributed by atoms with Gasteiger partial charge in [0.05, 0.1) is 0 Å². The quantitative estimate of drug-likeness (QED) is 0.416. The first-order valence-corrected chi connectivity index (χ1v) is 1.79. The molecule has 0 rings (SSSR count). The van der Waals surface area contributed by atoms with Gasteiger partial charge in [0.2, 0.25) is 6.29 Å². The molecule has 0 fully saturated rings. The maximum absolute atomic E-state index is 10.8. The molecule has 0 aliphatic rings. The van der Waals surface area contributed by atoms with Crippen LogP contribution < -0.4 is 0 Å².